The van der Waals surface area contributed by atoms with Gasteiger partial charge < -0.3 is 9.88 Å². The van der Waals surface area contributed by atoms with Crippen LogP contribution in [-0.4, -0.2) is 4.57 Å². The van der Waals surface area contributed by atoms with Gasteiger partial charge in [0.1, 0.15) is 0 Å². The van der Waals surface area contributed by atoms with Gasteiger partial charge in [0, 0.05) is 24.0 Å². The third kappa shape index (κ3) is 3.76. The zero-order valence-corrected chi connectivity index (χ0v) is 16.7. The van der Waals surface area contributed by atoms with E-state index in [4.69, 9.17) is 12.2 Å². The van der Waals surface area contributed by atoms with Crippen LogP contribution in [0.4, 0.5) is 0 Å². The first-order valence-electron chi connectivity index (χ1n) is 8.55. The third-order valence-electron chi connectivity index (χ3n) is 4.64. The Morgan fingerprint density at radius 1 is 0.960 bits per heavy atom. The summed E-state index contributed by atoms with van der Waals surface area (Å²) < 4.78 is 3.03. The van der Waals surface area contributed by atoms with E-state index < -0.39 is 0 Å². The predicted octanol–water partition coefficient (Wildman–Crippen LogP) is 6.20. The van der Waals surface area contributed by atoms with Crippen molar-refractivity contribution in [3.63, 3.8) is 0 Å². The first-order chi connectivity index (χ1) is 12.0. The molecule has 4 heteroatoms. The molecule has 2 atom stereocenters. The van der Waals surface area contributed by atoms with Gasteiger partial charge in [-0.25, -0.2) is 0 Å². The Labute approximate surface area is 159 Å². The highest BCUT2D eigenvalue weighted by Gasteiger charge is 2.20. The molecule has 2 unspecified atom stereocenters. The van der Waals surface area contributed by atoms with Crippen LogP contribution in [0.3, 0.4) is 0 Å². The first-order valence-corrected chi connectivity index (χ1v) is 9.78. The van der Waals surface area contributed by atoms with Gasteiger partial charge in [0.2, 0.25) is 0 Å². The number of nitrogens with zero attached hydrogens (tertiary/aromatic N) is 1. The molecule has 130 valence electrons. The molecule has 2 nitrogen and oxygen atoms in total. The fourth-order valence-corrected chi connectivity index (χ4v) is 4.68. The molecule has 1 aromatic heterocycles. The van der Waals surface area contributed by atoms with Crippen LogP contribution >= 0.6 is 23.6 Å². The summed E-state index contributed by atoms with van der Waals surface area (Å²) in [5.74, 6) is 0. The maximum absolute atomic E-state index is 5.56. The van der Waals surface area contributed by atoms with Crippen molar-refractivity contribution < 1.29 is 0 Å². The molecule has 0 amide bonds. The van der Waals surface area contributed by atoms with Gasteiger partial charge in [0.25, 0.3) is 0 Å². The van der Waals surface area contributed by atoms with Gasteiger partial charge in [-0.2, -0.15) is 0 Å². The fourth-order valence-electron chi connectivity index (χ4n) is 3.31. The lowest BCUT2D eigenvalue weighted by molar-refractivity contribution is 0.498. The smallest absolute Gasteiger partial charge is 0.161 e. The highest BCUT2D eigenvalue weighted by molar-refractivity contribution is 7.73. The van der Waals surface area contributed by atoms with Crippen molar-refractivity contribution in [2.75, 3.05) is 0 Å². The molecule has 0 saturated heterocycles. The van der Waals surface area contributed by atoms with Gasteiger partial charge in [-0.15, -0.1) is 11.3 Å². The second-order valence-electron chi connectivity index (χ2n) is 6.47. The summed E-state index contributed by atoms with van der Waals surface area (Å²) in [5.41, 5.74) is 5.09. The summed E-state index contributed by atoms with van der Waals surface area (Å²) in [6.45, 7) is 6.62. The van der Waals surface area contributed by atoms with Crippen LogP contribution in [0.2, 0.25) is 0 Å². The lowest BCUT2D eigenvalue weighted by Crippen LogP contribution is -2.23. The van der Waals surface area contributed by atoms with Gasteiger partial charge >= 0.3 is 0 Å². The van der Waals surface area contributed by atoms with Crippen molar-refractivity contribution in [2.24, 2.45) is 7.05 Å². The zero-order valence-electron chi connectivity index (χ0n) is 15.1. The van der Waals surface area contributed by atoms with Crippen molar-refractivity contribution in [3.05, 3.63) is 74.6 Å². The second-order valence-corrected chi connectivity index (χ2v) is 8.15. The van der Waals surface area contributed by atoms with Crippen LogP contribution in [-0.2, 0) is 7.05 Å². The number of rotatable bonds is 5. The molecule has 0 aliphatic rings. The first kappa shape index (κ1) is 18.1. The van der Waals surface area contributed by atoms with Crippen LogP contribution in [0.1, 0.15) is 41.9 Å². The number of aryl methyl sites for hydroxylation is 1. The lowest BCUT2D eigenvalue weighted by atomic mass is 10.0. The summed E-state index contributed by atoms with van der Waals surface area (Å²) in [6.07, 6.45) is 0. The lowest BCUT2D eigenvalue weighted by Gasteiger charge is -2.22. The molecule has 1 N–H and O–H groups in total. The van der Waals surface area contributed by atoms with Gasteiger partial charge in [-0.05, 0) is 49.7 Å². The average molecular weight is 369 g/mol. The molecule has 3 aromatic rings. The number of thiazole rings is 1. The molecular weight excluding hydrogens is 344 g/mol. The number of aromatic nitrogens is 1. The van der Waals surface area contributed by atoms with Crippen LogP contribution in [0, 0.1) is 10.9 Å². The Hall–Kier alpha value is -1.75. The van der Waals surface area contributed by atoms with E-state index in [1.54, 1.807) is 11.3 Å². The molecule has 2 aromatic carbocycles. The van der Waals surface area contributed by atoms with E-state index in [9.17, 15) is 0 Å². The van der Waals surface area contributed by atoms with E-state index in [0.29, 0.717) is 0 Å². The Balaban J connectivity index is 1.93. The normalized spacial score (nSPS) is 13.6. The van der Waals surface area contributed by atoms with Crippen molar-refractivity contribution in [3.8, 4) is 11.3 Å². The summed E-state index contributed by atoms with van der Waals surface area (Å²) >= 11 is 7.26. The predicted molar refractivity (Wildman–Crippen MR) is 111 cm³/mol. The number of benzene rings is 2. The molecular formula is C21H24N2S2. The summed E-state index contributed by atoms with van der Waals surface area (Å²) in [6, 6.07) is 19.6. The highest BCUT2D eigenvalue weighted by atomic mass is 32.1. The van der Waals surface area contributed by atoms with Gasteiger partial charge in [0.05, 0.1) is 5.69 Å². The van der Waals surface area contributed by atoms with E-state index in [1.165, 1.54) is 27.3 Å². The second kappa shape index (κ2) is 7.65. The maximum Gasteiger partial charge on any atom is 0.161 e. The van der Waals surface area contributed by atoms with E-state index in [1.807, 2.05) is 6.07 Å². The number of hydrogen-bond acceptors (Lipinski definition) is 3. The van der Waals surface area contributed by atoms with Gasteiger partial charge in [-0.1, -0.05) is 54.6 Å². The monoisotopic (exact) mass is 368 g/mol. The van der Waals surface area contributed by atoms with E-state index in [0.717, 1.165) is 3.95 Å². The van der Waals surface area contributed by atoms with Crippen LogP contribution in [0.25, 0.3) is 11.3 Å². The molecule has 0 radical (unpaired) electrons. The van der Waals surface area contributed by atoms with Crippen LogP contribution in [0.15, 0.2) is 54.6 Å². The minimum Gasteiger partial charge on any atom is -0.326 e. The Morgan fingerprint density at radius 2 is 1.60 bits per heavy atom. The molecule has 25 heavy (non-hydrogen) atoms. The molecule has 0 saturated carbocycles. The largest absolute Gasteiger partial charge is 0.326 e. The standard InChI is InChI=1S/C21H24N2S2/c1-14-10-8-9-13-18(14)15(2)22-16(3)20-19(23(4)21(24)25-20)17-11-6-5-7-12-17/h5-13,15-16,22H,1-4H3. The van der Waals surface area contributed by atoms with Crippen LogP contribution < -0.4 is 5.32 Å². The van der Waals surface area contributed by atoms with Crippen LogP contribution in [0.5, 0.6) is 0 Å². The molecule has 0 spiro atoms. The topological polar surface area (TPSA) is 17.0 Å². The van der Waals surface area contributed by atoms with Crippen molar-refractivity contribution >= 4 is 23.6 Å². The molecule has 0 aliphatic heterocycles. The molecule has 1 heterocycles. The Kier molecular flexibility index (Phi) is 5.52. The molecule has 0 fully saturated rings. The fraction of sp³-hybridized carbons (Fsp3) is 0.286. The summed E-state index contributed by atoms with van der Waals surface area (Å²) in [4.78, 5) is 1.29. The number of nitrogens with one attached hydrogen (secondary N) is 1. The molecule has 3 rings (SSSR count). The highest BCUT2D eigenvalue weighted by Crippen LogP contribution is 2.34. The van der Waals surface area contributed by atoms with Crippen molar-refractivity contribution in [1.29, 1.82) is 0 Å². The molecule has 0 bridgehead atoms. The SMILES string of the molecule is Cc1ccccc1C(C)NC(C)c1sc(=S)n(C)c1-c1ccccc1. The quantitative estimate of drug-likeness (QED) is 0.540. The van der Waals surface area contributed by atoms with Crippen molar-refractivity contribution in [1.82, 2.24) is 9.88 Å². The maximum atomic E-state index is 5.56. The average Bonchev–Trinajstić information content (AvgIpc) is 2.91. The van der Waals surface area contributed by atoms with Crippen molar-refractivity contribution in [2.45, 2.75) is 32.9 Å². The van der Waals surface area contributed by atoms with E-state index in [-0.39, 0.29) is 12.1 Å². The van der Waals surface area contributed by atoms with E-state index >= 15 is 0 Å². The third-order valence-corrected chi connectivity index (χ3v) is 6.37. The zero-order chi connectivity index (χ0) is 18.0. The summed E-state index contributed by atoms with van der Waals surface area (Å²) in [5, 5.41) is 3.75. The minimum absolute atomic E-state index is 0.220. The minimum atomic E-state index is 0.220. The molecule has 0 aliphatic carbocycles. The summed E-state index contributed by atoms with van der Waals surface area (Å²) in [7, 11) is 2.06. The van der Waals surface area contributed by atoms with E-state index in [2.05, 4.69) is 86.2 Å². The van der Waals surface area contributed by atoms with Gasteiger partial charge in [-0.3, -0.25) is 0 Å². The van der Waals surface area contributed by atoms with Gasteiger partial charge in [0.15, 0.2) is 3.95 Å². The Morgan fingerprint density at radius 3 is 2.28 bits per heavy atom. The Bertz CT molecular complexity index is 909. The number of hydrogen-bond donors (Lipinski definition) is 1.